The van der Waals surface area contributed by atoms with E-state index < -0.39 is 0 Å². The number of nitrogens with one attached hydrogen (secondary N) is 3. The molecule has 0 aliphatic rings. The van der Waals surface area contributed by atoms with Gasteiger partial charge in [-0.25, -0.2) is 4.98 Å². The molecule has 2 heterocycles. The Morgan fingerprint density at radius 2 is 2.03 bits per heavy atom. The quantitative estimate of drug-likeness (QED) is 0.295. The Hall–Kier alpha value is -3.30. The average Bonchev–Trinajstić information content (AvgIpc) is 3.45. The van der Waals surface area contributed by atoms with E-state index in [1.807, 2.05) is 48.0 Å². The van der Waals surface area contributed by atoms with Gasteiger partial charge in [-0.1, -0.05) is 36.0 Å². The minimum Gasteiger partial charge on any atom is -0.497 e. The summed E-state index contributed by atoms with van der Waals surface area (Å²) in [5.74, 6) is 0.735. The highest BCUT2D eigenvalue weighted by molar-refractivity contribution is 8.01. The molecule has 0 saturated carbocycles. The Morgan fingerprint density at radius 1 is 1.15 bits per heavy atom. The molecule has 0 aliphatic heterocycles. The molecule has 7 nitrogen and oxygen atoms in total. The number of amides is 2. The highest BCUT2D eigenvalue weighted by Gasteiger charge is 2.11. The second kappa shape index (κ2) is 11.0. The highest BCUT2D eigenvalue weighted by atomic mass is 32.2. The molecule has 4 aromatic rings. The SMILES string of the molecule is COc1cccc(NC(=O)CSc2nc(CC(=O)NCCc3c[nH]c4ccccc34)cs2)c1. The number of thiazole rings is 1. The van der Waals surface area contributed by atoms with Crippen LogP contribution in [0, 0.1) is 0 Å². The summed E-state index contributed by atoms with van der Waals surface area (Å²) in [6, 6.07) is 15.3. The van der Waals surface area contributed by atoms with E-state index in [0.717, 1.165) is 16.3 Å². The van der Waals surface area contributed by atoms with Crippen LogP contribution in [-0.2, 0) is 22.4 Å². The smallest absolute Gasteiger partial charge is 0.234 e. The number of rotatable bonds is 10. The average molecular weight is 481 g/mol. The fourth-order valence-corrected chi connectivity index (χ4v) is 5.01. The molecule has 0 aliphatic carbocycles. The number of para-hydroxylation sites is 1. The highest BCUT2D eigenvalue weighted by Crippen LogP contribution is 2.24. The van der Waals surface area contributed by atoms with Crippen molar-refractivity contribution in [2.24, 2.45) is 0 Å². The molecule has 170 valence electrons. The van der Waals surface area contributed by atoms with Crippen LogP contribution in [0.4, 0.5) is 5.69 Å². The summed E-state index contributed by atoms with van der Waals surface area (Å²) >= 11 is 2.79. The summed E-state index contributed by atoms with van der Waals surface area (Å²) in [6.07, 6.45) is 2.97. The van der Waals surface area contributed by atoms with Gasteiger partial charge in [0.1, 0.15) is 5.75 Å². The third kappa shape index (κ3) is 6.36. The van der Waals surface area contributed by atoms with Gasteiger partial charge in [-0.15, -0.1) is 11.3 Å². The first kappa shape index (κ1) is 22.9. The van der Waals surface area contributed by atoms with Crippen LogP contribution in [-0.4, -0.2) is 41.2 Å². The summed E-state index contributed by atoms with van der Waals surface area (Å²) in [5, 5.41) is 8.85. The Balaban J connectivity index is 1.19. The van der Waals surface area contributed by atoms with Gasteiger partial charge in [0.15, 0.2) is 4.34 Å². The molecule has 33 heavy (non-hydrogen) atoms. The molecule has 0 radical (unpaired) electrons. The number of thioether (sulfide) groups is 1. The zero-order valence-electron chi connectivity index (χ0n) is 18.1. The molecule has 0 bridgehead atoms. The van der Waals surface area contributed by atoms with Crippen LogP contribution < -0.4 is 15.4 Å². The van der Waals surface area contributed by atoms with Gasteiger partial charge in [-0.2, -0.15) is 0 Å². The fourth-order valence-electron chi connectivity index (χ4n) is 3.36. The van der Waals surface area contributed by atoms with Crippen LogP contribution in [0.5, 0.6) is 5.75 Å². The molecule has 2 aromatic heterocycles. The minimum absolute atomic E-state index is 0.0625. The van der Waals surface area contributed by atoms with E-state index in [9.17, 15) is 9.59 Å². The number of nitrogens with zero attached hydrogens (tertiary/aromatic N) is 1. The molecule has 2 amide bonds. The van der Waals surface area contributed by atoms with Crippen molar-refractivity contribution < 1.29 is 14.3 Å². The molecular weight excluding hydrogens is 456 g/mol. The van der Waals surface area contributed by atoms with Gasteiger partial charge in [-0.3, -0.25) is 9.59 Å². The third-order valence-corrected chi connectivity index (χ3v) is 7.01. The Kier molecular flexibility index (Phi) is 7.64. The number of hydrogen-bond acceptors (Lipinski definition) is 6. The van der Waals surface area contributed by atoms with Crippen LogP contribution >= 0.6 is 23.1 Å². The number of H-pyrrole nitrogens is 1. The number of benzene rings is 2. The van der Waals surface area contributed by atoms with E-state index >= 15 is 0 Å². The Bertz CT molecular complexity index is 1250. The Labute approximate surface area is 200 Å². The first-order chi connectivity index (χ1) is 16.1. The molecule has 9 heteroatoms. The second-order valence-electron chi connectivity index (χ2n) is 7.31. The number of aromatic amines is 1. The predicted octanol–water partition coefficient (Wildman–Crippen LogP) is 4.27. The molecular formula is C24H24N4O3S2. The van der Waals surface area contributed by atoms with Crippen LogP contribution in [0.15, 0.2) is 64.4 Å². The number of anilines is 1. The van der Waals surface area contributed by atoms with Gasteiger partial charge in [0.2, 0.25) is 11.8 Å². The van der Waals surface area contributed by atoms with Crippen molar-refractivity contribution in [3.05, 3.63) is 71.4 Å². The maximum Gasteiger partial charge on any atom is 0.234 e. The maximum absolute atomic E-state index is 12.3. The number of fused-ring (bicyclic) bond motifs is 1. The van der Waals surface area contributed by atoms with E-state index in [4.69, 9.17) is 4.74 Å². The van der Waals surface area contributed by atoms with Gasteiger partial charge >= 0.3 is 0 Å². The van der Waals surface area contributed by atoms with Gasteiger partial charge < -0.3 is 20.4 Å². The molecule has 0 unspecified atom stereocenters. The normalized spacial score (nSPS) is 10.8. The van der Waals surface area contributed by atoms with Crippen LogP contribution in [0.1, 0.15) is 11.3 Å². The summed E-state index contributed by atoms with van der Waals surface area (Å²) in [6.45, 7) is 0.566. The van der Waals surface area contributed by atoms with Crippen molar-refractivity contribution >= 4 is 51.5 Å². The third-order valence-electron chi connectivity index (χ3n) is 4.94. The first-order valence-corrected chi connectivity index (χ1v) is 12.3. The summed E-state index contributed by atoms with van der Waals surface area (Å²) in [4.78, 5) is 32.2. The predicted molar refractivity (Wildman–Crippen MR) is 133 cm³/mol. The standard InChI is InChI=1S/C24H24N4O3S2/c1-31-19-6-4-5-17(11-19)27-23(30)15-33-24-28-18(14-32-24)12-22(29)25-10-9-16-13-26-21-8-3-2-7-20(16)21/h2-8,11,13-14,26H,9-10,12,15H2,1H3,(H,25,29)(H,27,30). The lowest BCUT2D eigenvalue weighted by Gasteiger charge is -2.06. The fraction of sp³-hybridized carbons (Fsp3) is 0.208. The topological polar surface area (TPSA) is 96.1 Å². The van der Waals surface area contributed by atoms with E-state index in [0.29, 0.717) is 23.7 Å². The van der Waals surface area contributed by atoms with Crippen LogP contribution in [0.25, 0.3) is 10.9 Å². The van der Waals surface area contributed by atoms with E-state index in [1.54, 1.807) is 13.2 Å². The summed E-state index contributed by atoms with van der Waals surface area (Å²) in [7, 11) is 1.58. The maximum atomic E-state index is 12.3. The van der Waals surface area contributed by atoms with E-state index in [-0.39, 0.29) is 24.0 Å². The first-order valence-electron chi connectivity index (χ1n) is 10.4. The largest absolute Gasteiger partial charge is 0.497 e. The number of methoxy groups -OCH3 is 1. The number of ether oxygens (including phenoxy) is 1. The number of aromatic nitrogens is 2. The van der Waals surface area contributed by atoms with Gasteiger partial charge in [-0.05, 0) is 30.2 Å². The molecule has 0 saturated heterocycles. The van der Waals surface area contributed by atoms with Crippen LogP contribution in [0.2, 0.25) is 0 Å². The monoisotopic (exact) mass is 480 g/mol. The van der Waals surface area contributed by atoms with Crippen molar-refractivity contribution in [1.29, 1.82) is 0 Å². The molecule has 3 N–H and O–H groups in total. The van der Waals surface area contributed by atoms with Gasteiger partial charge in [0, 0.05) is 40.8 Å². The Morgan fingerprint density at radius 3 is 2.91 bits per heavy atom. The second-order valence-corrected chi connectivity index (χ2v) is 9.39. The number of carbonyl (C=O) groups is 2. The van der Waals surface area contributed by atoms with Crippen LogP contribution in [0.3, 0.4) is 0 Å². The van der Waals surface area contributed by atoms with Crippen molar-refractivity contribution in [1.82, 2.24) is 15.3 Å². The molecule has 0 atom stereocenters. The summed E-state index contributed by atoms with van der Waals surface area (Å²) < 4.78 is 5.92. The van der Waals surface area contributed by atoms with Gasteiger partial charge in [0.05, 0.1) is 25.0 Å². The lowest BCUT2D eigenvalue weighted by atomic mass is 10.1. The molecule has 0 spiro atoms. The lowest BCUT2D eigenvalue weighted by molar-refractivity contribution is -0.120. The van der Waals surface area contributed by atoms with Crippen molar-refractivity contribution in [2.75, 3.05) is 24.7 Å². The van der Waals surface area contributed by atoms with Crippen molar-refractivity contribution in [3.63, 3.8) is 0 Å². The van der Waals surface area contributed by atoms with Crippen molar-refractivity contribution in [3.8, 4) is 5.75 Å². The molecule has 0 fully saturated rings. The minimum atomic E-state index is -0.125. The molecule has 4 rings (SSSR count). The zero-order valence-corrected chi connectivity index (χ0v) is 19.7. The summed E-state index contributed by atoms with van der Waals surface area (Å²) in [5.41, 5.74) is 3.68. The lowest BCUT2D eigenvalue weighted by Crippen LogP contribution is -2.27. The van der Waals surface area contributed by atoms with Gasteiger partial charge in [0.25, 0.3) is 0 Å². The van der Waals surface area contributed by atoms with E-state index in [2.05, 4.69) is 26.7 Å². The zero-order chi connectivity index (χ0) is 23.0. The number of carbonyl (C=O) groups excluding carboxylic acids is 2. The number of hydrogen-bond donors (Lipinski definition) is 3. The van der Waals surface area contributed by atoms with Crippen molar-refractivity contribution in [2.45, 2.75) is 17.2 Å². The molecule has 2 aromatic carbocycles. The van der Waals surface area contributed by atoms with E-state index in [1.165, 1.54) is 34.0 Å².